The minimum Gasteiger partial charge on any atom is -0.361 e. The molecule has 0 saturated carbocycles. The highest BCUT2D eigenvalue weighted by molar-refractivity contribution is 6.06. The molecule has 2 heterocycles. The minimum atomic E-state index is -0.130. The van der Waals surface area contributed by atoms with Crippen molar-refractivity contribution in [3.63, 3.8) is 0 Å². The van der Waals surface area contributed by atoms with Gasteiger partial charge >= 0.3 is 0 Å². The van der Waals surface area contributed by atoms with Gasteiger partial charge in [0.25, 0.3) is 5.91 Å². The van der Waals surface area contributed by atoms with E-state index in [4.69, 9.17) is 0 Å². The van der Waals surface area contributed by atoms with Crippen LogP contribution in [0.1, 0.15) is 29.6 Å². The van der Waals surface area contributed by atoms with E-state index in [1.807, 2.05) is 29.3 Å². The first kappa shape index (κ1) is 13.7. The molecule has 0 atom stereocenters. The van der Waals surface area contributed by atoms with Crippen LogP contribution in [0.25, 0.3) is 10.9 Å². The molecule has 3 rings (SSSR count). The number of amides is 2. The van der Waals surface area contributed by atoms with Gasteiger partial charge in [-0.25, -0.2) is 0 Å². The van der Waals surface area contributed by atoms with Crippen LogP contribution in [0.2, 0.25) is 0 Å². The number of benzene rings is 1. The third kappa shape index (κ3) is 2.91. The van der Waals surface area contributed by atoms with Crippen molar-refractivity contribution in [3.8, 4) is 0 Å². The van der Waals surface area contributed by atoms with E-state index >= 15 is 0 Å². The van der Waals surface area contributed by atoms with Gasteiger partial charge in [0.05, 0.1) is 0 Å². The van der Waals surface area contributed by atoms with Crippen molar-refractivity contribution in [2.75, 3.05) is 19.6 Å². The molecule has 0 aliphatic carbocycles. The molecule has 2 aromatic rings. The van der Waals surface area contributed by atoms with E-state index in [-0.39, 0.29) is 11.8 Å². The fourth-order valence-corrected chi connectivity index (χ4v) is 2.79. The number of carbonyl (C=O) groups excluding carboxylic acids is 2. The average Bonchev–Trinajstić information content (AvgIpc) is 3.17. The largest absolute Gasteiger partial charge is 0.361 e. The third-order valence-electron chi connectivity index (χ3n) is 3.92. The lowest BCUT2D eigenvalue weighted by Gasteiger charge is -2.15. The van der Waals surface area contributed by atoms with Gasteiger partial charge in [0.15, 0.2) is 0 Å². The Morgan fingerprint density at radius 1 is 1.19 bits per heavy atom. The van der Waals surface area contributed by atoms with Crippen LogP contribution in [0, 0.1) is 0 Å². The summed E-state index contributed by atoms with van der Waals surface area (Å²) >= 11 is 0. The van der Waals surface area contributed by atoms with E-state index in [0.717, 1.165) is 36.8 Å². The van der Waals surface area contributed by atoms with E-state index in [9.17, 15) is 9.59 Å². The van der Waals surface area contributed by atoms with Crippen molar-refractivity contribution in [2.45, 2.75) is 19.3 Å². The number of hydrogen-bond donors (Lipinski definition) is 2. The Morgan fingerprint density at radius 3 is 2.81 bits per heavy atom. The number of rotatable bonds is 4. The van der Waals surface area contributed by atoms with Crippen LogP contribution in [0.4, 0.5) is 0 Å². The topological polar surface area (TPSA) is 65.2 Å². The first-order valence-corrected chi connectivity index (χ1v) is 7.38. The average molecular weight is 285 g/mol. The monoisotopic (exact) mass is 285 g/mol. The number of likely N-dealkylation sites (tertiary alicyclic amines) is 1. The number of carbonyl (C=O) groups is 2. The Bertz CT molecular complexity index is 656. The maximum absolute atomic E-state index is 12.2. The molecule has 2 amide bonds. The molecule has 1 aromatic heterocycles. The molecule has 1 saturated heterocycles. The summed E-state index contributed by atoms with van der Waals surface area (Å²) in [5.41, 5.74) is 1.58. The Kier molecular flexibility index (Phi) is 3.90. The van der Waals surface area contributed by atoms with Crippen LogP contribution < -0.4 is 5.32 Å². The Morgan fingerprint density at radius 2 is 2.00 bits per heavy atom. The molecule has 0 unspecified atom stereocenters. The van der Waals surface area contributed by atoms with Gasteiger partial charge in [0, 0.05) is 48.7 Å². The molecule has 0 bridgehead atoms. The molecule has 5 heteroatoms. The van der Waals surface area contributed by atoms with Gasteiger partial charge in [0.1, 0.15) is 0 Å². The molecule has 2 N–H and O–H groups in total. The molecular formula is C16H19N3O2. The molecule has 110 valence electrons. The van der Waals surface area contributed by atoms with Crippen molar-refractivity contribution in [3.05, 3.63) is 36.0 Å². The van der Waals surface area contributed by atoms with Crippen LogP contribution >= 0.6 is 0 Å². The zero-order chi connectivity index (χ0) is 14.7. The van der Waals surface area contributed by atoms with Crippen molar-refractivity contribution >= 4 is 22.7 Å². The third-order valence-corrected chi connectivity index (χ3v) is 3.92. The van der Waals surface area contributed by atoms with Crippen LogP contribution in [0.3, 0.4) is 0 Å². The second kappa shape index (κ2) is 5.99. The molecule has 1 aliphatic rings. The lowest BCUT2D eigenvalue weighted by Crippen LogP contribution is -2.32. The summed E-state index contributed by atoms with van der Waals surface area (Å²) in [6.07, 6.45) is 4.37. The second-order valence-electron chi connectivity index (χ2n) is 5.34. The van der Waals surface area contributed by atoms with Crippen LogP contribution in [-0.4, -0.2) is 41.3 Å². The summed E-state index contributed by atoms with van der Waals surface area (Å²) in [6.45, 7) is 2.10. The van der Waals surface area contributed by atoms with Crippen molar-refractivity contribution in [2.24, 2.45) is 0 Å². The van der Waals surface area contributed by atoms with E-state index in [1.54, 1.807) is 6.07 Å². The standard InChI is InChI=1S/C16H19N3O2/c20-15(19-10-1-2-11-19)7-9-18-16(21)13-4-3-5-14-12(13)6-8-17-14/h3-6,8,17H,1-2,7,9-11H2,(H,18,21). The predicted molar refractivity (Wildman–Crippen MR) is 81.1 cm³/mol. The molecule has 1 aliphatic heterocycles. The highest BCUT2D eigenvalue weighted by Crippen LogP contribution is 2.17. The summed E-state index contributed by atoms with van der Waals surface area (Å²) in [7, 11) is 0. The van der Waals surface area contributed by atoms with Gasteiger partial charge in [0.2, 0.25) is 5.91 Å². The molecule has 0 radical (unpaired) electrons. The van der Waals surface area contributed by atoms with E-state index < -0.39 is 0 Å². The molecule has 1 aromatic carbocycles. The number of aromatic nitrogens is 1. The molecular weight excluding hydrogens is 266 g/mol. The normalized spacial score (nSPS) is 14.6. The summed E-state index contributed by atoms with van der Waals surface area (Å²) in [4.78, 5) is 29.1. The summed E-state index contributed by atoms with van der Waals surface area (Å²) in [5, 5.41) is 3.74. The Balaban J connectivity index is 1.57. The van der Waals surface area contributed by atoms with E-state index in [1.165, 1.54) is 0 Å². The number of nitrogens with zero attached hydrogens (tertiary/aromatic N) is 1. The number of aromatic amines is 1. The van der Waals surface area contributed by atoms with Crippen LogP contribution in [0.5, 0.6) is 0 Å². The van der Waals surface area contributed by atoms with Crippen molar-refractivity contribution < 1.29 is 9.59 Å². The lowest BCUT2D eigenvalue weighted by molar-refractivity contribution is -0.129. The second-order valence-corrected chi connectivity index (χ2v) is 5.34. The van der Waals surface area contributed by atoms with Gasteiger partial charge < -0.3 is 15.2 Å². The summed E-state index contributed by atoms with van der Waals surface area (Å²) in [6, 6.07) is 7.47. The van der Waals surface area contributed by atoms with Crippen LogP contribution in [0.15, 0.2) is 30.5 Å². The van der Waals surface area contributed by atoms with Gasteiger partial charge in [-0.3, -0.25) is 9.59 Å². The number of hydrogen-bond acceptors (Lipinski definition) is 2. The maximum Gasteiger partial charge on any atom is 0.251 e. The summed E-state index contributed by atoms with van der Waals surface area (Å²) < 4.78 is 0. The van der Waals surface area contributed by atoms with E-state index in [0.29, 0.717) is 18.5 Å². The highest BCUT2D eigenvalue weighted by Gasteiger charge is 2.17. The first-order valence-electron chi connectivity index (χ1n) is 7.38. The van der Waals surface area contributed by atoms with Crippen molar-refractivity contribution in [1.82, 2.24) is 15.2 Å². The Labute approximate surface area is 123 Å². The van der Waals surface area contributed by atoms with Crippen LogP contribution in [-0.2, 0) is 4.79 Å². The fourth-order valence-electron chi connectivity index (χ4n) is 2.79. The highest BCUT2D eigenvalue weighted by atomic mass is 16.2. The molecule has 21 heavy (non-hydrogen) atoms. The predicted octanol–water partition coefficient (Wildman–Crippen LogP) is 1.91. The molecule has 5 nitrogen and oxygen atoms in total. The smallest absolute Gasteiger partial charge is 0.251 e. The number of nitrogens with one attached hydrogen (secondary N) is 2. The summed E-state index contributed by atoms with van der Waals surface area (Å²) in [5.74, 6) is 0.00192. The van der Waals surface area contributed by atoms with Gasteiger partial charge in [-0.05, 0) is 31.0 Å². The first-order chi connectivity index (χ1) is 10.3. The number of fused-ring (bicyclic) bond motifs is 1. The molecule has 1 fully saturated rings. The van der Waals surface area contributed by atoms with Gasteiger partial charge in [-0.1, -0.05) is 6.07 Å². The van der Waals surface area contributed by atoms with Gasteiger partial charge in [-0.15, -0.1) is 0 Å². The Hall–Kier alpha value is -2.30. The van der Waals surface area contributed by atoms with Crippen molar-refractivity contribution in [1.29, 1.82) is 0 Å². The minimum absolute atomic E-state index is 0.130. The van der Waals surface area contributed by atoms with E-state index in [2.05, 4.69) is 10.3 Å². The quantitative estimate of drug-likeness (QED) is 0.901. The maximum atomic E-state index is 12.2. The molecule has 0 spiro atoms. The zero-order valence-corrected chi connectivity index (χ0v) is 11.9. The SMILES string of the molecule is O=C(NCCC(=O)N1CCCC1)c1cccc2[nH]ccc12. The van der Waals surface area contributed by atoms with Gasteiger partial charge in [-0.2, -0.15) is 0 Å². The fraction of sp³-hybridized carbons (Fsp3) is 0.375. The number of H-pyrrole nitrogens is 1. The lowest BCUT2D eigenvalue weighted by atomic mass is 10.1. The zero-order valence-electron chi connectivity index (χ0n) is 11.9.